The van der Waals surface area contributed by atoms with Crippen molar-refractivity contribution in [3.63, 3.8) is 0 Å². The molecule has 5 N–H and O–H groups in total. The molecule has 1 aromatic carbocycles. The maximum absolute atomic E-state index is 10.4. The number of amides is 1. The number of aliphatic carboxylic acids is 1. The summed E-state index contributed by atoms with van der Waals surface area (Å²) >= 11 is 0. The van der Waals surface area contributed by atoms with E-state index in [4.69, 9.17) is 15.9 Å². The van der Waals surface area contributed by atoms with Gasteiger partial charge in [0.05, 0.1) is 6.04 Å². The maximum atomic E-state index is 10.4. The first-order valence-corrected chi connectivity index (χ1v) is 6.01. The minimum atomic E-state index is -1.41. The van der Waals surface area contributed by atoms with Crippen LogP contribution in [0.5, 0.6) is 0 Å². The van der Waals surface area contributed by atoms with Crippen molar-refractivity contribution in [3.8, 4) is 0 Å². The Balaban J connectivity index is 0.000000200. The van der Waals surface area contributed by atoms with Crippen LogP contribution in [-0.2, 0) is 9.59 Å². The quantitative estimate of drug-likeness (QED) is 0.616. The summed E-state index contributed by atoms with van der Waals surface area (Å²) in [5.41, 5.74) is 5.40. The summed E-state index contributed by atoms with van der Waals surface area (Å²) in [6.45, 7) is 0.938. The predicted octanol–water partition coefficient (Wildman–Crippen LogP) is 0.0283. The Kier molecular flexibility index (Phi) is 5.98. The van der Waals surface area contributed by atoms with Crippen LogP contribution in [0, 0.1) is 0 Å². The molecule has 0 saturated carbocycles. The number of carboxylic acid groups (broad SMARTS) is 1. The van der Waals surface area contributed by atoms with Gasteiger partial charge in [-0.3, -0.25) is 4.79 Å². The summed E-state index contributed by atoms with van der Waals surface area (Å²) in [6.07, 6.45) is 0.583. The van der Waals surface area contributed by atoms with Crippen LogP contribution in [0.1, 0.15) is 24.5 Å². The van der Waals surface area contributed by atoms with Crippen LogP contribution in [0.2, 0.25) is 0 Å². The van der Waals surface area contributed by atoms with Crippen molar-refractivity contribution < 1.29 is 19.8 Å². The second-order valence-electron chi connectivity index (χ2n) is 4.20. The monoisotopic (exact) mass is 266 g/mol. The summed E-state index contributed by atoms with van der Waals surface area (Å²) in [7, 11) is 0. The molecule has 1 amide bonds. The average molecular weight is 266 g/mol. The summed E-state index contributed by atoms with van der Waals surface area (Å²) in [4.78, 5) is 20.6. The van der Waals surface area contributed by atoms with E-state index in [1.807, 2.05) is 0 Å². The van der Waals surface area contributed by atoms with E-state index in [1.54, 1.807) is 30.3 Å². The molecule has 0 aliphatic carbocycles. The molecule has 0 bridgehead atoms. The van der Waals surface area contributed by atoms with Gasteiger partial charge in [0, 0.05) is 0 Å². The highest BCUT2D eigenvalue weighted by Crippen LogP contribution is 2.10. The third-order valence-electron chi connectivity index (χ3n) is 2.75. The molecule has 0 unspecified atom stereocenters. The summed E-state index contributed by atoms with van der Waals surface area (Å²) < 4.78 is 0. The third kappa shape index (κ3) is 5.07. The van der Waals surface area contributed by atoms with E-state index in [0.29, 0.717) is 5.56 Å². The predicted molar refractivity (Wildman–Crippen MR) is 69.3 cm³/mol. The number of hydrogen-bond donors (Lipinski definition) is 4. The van der Waals surface area contributed by atoms with Gasteiger partial charge in [-0.2, -0.15) is 0 Å². The highest BCUT2D eigenvalue weighted by atomic mass is 16.4. The van der Waals surface area contributed by atoms with Crippen molar-refractivity contribution in [1.29, 1.82) is 0 Å². The van der Waals surface area contributed by atoms with Crippen LogP contribution in [-0.4, -0.2) is 34.7 Å². The fraction of sp³-hybridized carbons (Fsp3) is 0.385. The fourth-order valence-electron chi connectivity index (χ4n) is 1.71. The van der Waals surface area contributed by atoms with Crippen LogP contribution in [0.25, 0.3) is 0 Å². The number of rotatable bonds is 3. The number of carboxylic acids is 1. The number of nitrogens with one attached hydrogen (secondary N) is 1. The van der Waals surface area contributed by atoms with E-state index in [1.165, 1.54) is 0 Å². The molecule has 1 aliphatic heterocycles. The van der Waals surface area contributed by atoms with Crippen molar-refractivity contribution in [2.24, 2.45) is 5.73 Å². The molecule has 0 radical (unpaired) electrons. The van der Waals surface area contributed by atoms with Gasteiger partial charge in [0.25, 0.3) is 0 Å². The van der Waals surface area contributed by atoms with Crippen molar-refractivity contribution in [2.45, 2.75) is 25.0 Å². The molecule has 0 spiro atoms. The average Bonchev–Trinajstić information content (AvgIpc) is 2.93. The molecule has 1 saturated heterocycles. The number of carbonyl (C=O) groups excluding carboxylic acids is 1. The zero-order valence-electron chi connectivity index (χ0n) is 10.5. The van der Waals surface area contributed by atoms with Crippen LogP contribution in [0.3, 0.4) is 0 Å². The van der Waals surface area contributed by atoms with E-state index >= 15 is 0 Å². The zero-order valence-corrected chi connectivity index (χ0v) is 10.5. The number of hydrogen-bond acceptors (Lipinski definition) is 4. The van der Waals surface area contributed by atoms with Crippen LogP contribution >= 0.6 is 0 Å². The van der Waals surface area contributed by atoms with E-state index in [0.717, 1.165) is 19.4 Å². The Hall–Kier alpha value is -1.92. The second kappa shape index (κ2) is 7.50. The highest BCUT2D eigenvalue weighted by Gasteiger charge is 2.18. The van der Waals surface area contributed by atoms with Gasteiger partial charge in [-0.05, 0) is 24.9 Å². The lowest BCUT2D eigenvalue weighted by atomic mass is 10.1. The topological polar surface area (TPSA) is 113 Å². The van der Waals surface area contributed by atoms with E-state index in [-0.39, 0.29) is 11.9 Å². The van der Waals surface area contributed by atoms with Gasteiger partial charge in [0.15, 0.2) is 6.10 Å². The smallest absolute Gasteiger partial charge is 0.337 e. The van der Waals surface area contributed by atoms with Gasteiger partial charge < -0.3 is 21.3 Å². The molecule has 6 nitrogen and oxygen atoms in total. The molecule has 6 heteroatoms. The lowest BCUT2D eigenvalue weighted by molar-refractivity contribution is -0.146. The molecule has 1 aliphatic rings. The first-order chi connectivity index (χ1) is 9.02. The lowest BCUT2D eigenvalue weighted by Gasteiger charge is -2.03. The summed E-state index contributed by atoms with van der Waals surface area (Å²) in [5.74, 6) is -1.45. The van der Waals surface area contributed by atoms with Crippen molar-refractivity contribution in [2.75, 3.05) is 6.54 Å². The summed E-state index contributed by atoms with van der Waals surface area (Å²) in [6, 6.07) is 8.22. The molecule has 2 rings (SSSR count). The number of nitrogens with two attached hydrogens (primary N) is 1. The van der Waals surface area contributed by atoms with Crippen LogP contribution in [0.4, 0.5) is 0 Å². The molecule has 2 atom stereocenters. The minimum absolute atomic E-state index is 0.0463. The van der Waals surface area contributed by atoms with E-state index in [2.05, 4.69) is 5.32 Å². The Bertz CT molecular complexity index is 416. The maximum Gasteiger partial charge on any atom is 0.337 e. The molecule has 0 aromatic heterocycles. The lowest BCUT2D eigenvalue weighted by Crippen LogP contribution is -2.36. The molecule has 19 heavy (non-hydrogen) atoms. The Labute approximate surface area is 111 Å². The molecule has 104 valence electrons. The first-order valence-electron chi connectivity index (χ1n) is 6.01. The van der Waals surface area contributed by atoms with E-state index in [9.17, 15) is 9.59 Å². The number of carbonyl (C=O) groups is 2. The fourth-order valence-corrected chi connectivity index (χ4v) is 1.71. The molecular formula is C13H18N2O4. The molecule has 1 aromatic rings. The Morgan fingerprint density at radius 2 is 1.95 bits per heavy atom. The van der Waals surface area contributed by atoms with Crippen LogP contribution in [0.15, 0.2) is 30.3 Å². The number of benzene rings is 1. The molecular weight excluding hydrogens is 248 g/mol. The normalized spacial score (nSPS) is 19.1. The van der Waals surface area contributed by atoms with Gasteiger partial charge in [-0.1, -0.05) is 30.3 Å². The zero-order chi connectivity index (χ0) is 14.3. The SMILES string of the molecule is NC(=O)[C@H]1CCCN1.O=C(O)[C@H](O)c1ccccc1. The summed E-state index contributed by atoms with van der Waals surface area (Å²) in [5, 5.41) is 20.4. The highest BCUT2D eigenvalue weighted by molar-refractivity contribution is 5.80. The van der Waals surface area contributed by atoms with Crippen LogP contribution < -0.4 is 11.1 Å². The van der Waals surface area contributed by atoms with Gasteiger partial charge in [-0.15, -0.1) is 0 Å². The Morgan fingerprint density at radius 1 is 1.32 bits per heavy atom. The molecule has 1 fully saturated rings. The number of primary amides is 1. The van der Waals surface area contributed by atoms with Gasteiger partial charge >= 0.3 is 5.97 Å². The van der Waals surface area contributed by atoms with Gasteiger partial charge in [0.1, 0.15) is 0 Å². The minimum Gasteiger partial charge on any atom is -0.479 e. The Morgan fingerprint density at radius 3 is 2.32 bits per heavy atom. The largest absolute Gasteiger partial charge is 0.479 e. The molecule has 1 heterocycles. The van der Waals surface area contributed by atoms with Crippen molar-refractivity contribution >= 4 is 11.9 Å². The first kappa shape index (κ1) is 15.1. The number of aliphatic hydroxyl groups is 1. The van der Waals surface area contributed by atoms with Crippen molar-refractivity contribution in [3.05, 3.63) is 35.9 Å². The second-order valence-corrected chi connectivity index (χ2v) is 4.20. The third-order valence-corrected chi connectivity index (χ3v) is 2.75. The van der Waals surface area contributed by atoms with Gasteiger partial charge in [-0.25, -0.2) is 4.79 Å². The van der Waals surface area contributed by atoms with E-state index < -0.39 is 12.1 Å². The number of aliphatic hydroxyl groups excluding tert-OH is 1. The van der Waals surface area contributed by atoms with Crippen molar-refractivity contribution in [1.82, 2.24) is 5.32 Å². The van der Waals surface area contributed by atoms with Gasteiger partial charge in [0.2, 0.25) is 5.91 Å². The standard InChI is InChI=1S/C8H8O3.C5H10N2O/c9-7(8(10)11)6-4-2-1-3-5-6;6-5(8)4-2-1-3-7-4/h1-5,7,9H,(H,10,11);4,7H,1-3H2,(H2,6,8)/t7-;4-/m11/s1.